The minimum absolute atomic E-state index is 0.0360. The van der Waals surface area contributed by atoms with Crippen molar-refractivity contribution in [2.24, 2.45) is 11.7 Å². The number of H-pyrrole nitrogens is 1. The standard InChI is InChI=1S/C11H17N3O/c1-2-3-8-5-10(15)14-11(13-8)9-4-7(9)6-12/h5,7,9H,2-4,6,12H2,1H3,(H,13,14,15). The summed E-state index contributed by atoms with van der Waals surface area (Å²) in [5, 5.41) is 0. The zero-order chi connectivity index (χ0) is 10.8. The van der Waals surface area contributed by atoms with Crippen LogP contribution in [0.4, 0.5) is 0 Å². The van der Waals surface area contributed by atoms with Gasteiger partial charge in [0.2, 0.25) is 0 Å². The van der Waals surface area contributed by atoms with E-state index >= 15 is 0 Å². The lowest BCUT2D eigenvalue weighted by Crippen LogP contribution is -2.13. The number of aromatic amines is 1. The molecule has 0 aliphatic heterocycles. The van der Waals surface area contributed by atoms with E-state index in [1.54, 1.807) is 6.07 Å². The van der Waals surface area contributed by atoms with Crippen LogP contribution < -0.4 is 11.3 Å². The third-order valence-corrected chi connectivity index (χ3v) is 2.90. The van der Waals surface area contributed by atoms with Crippen LogP contribution in [0.3, 0.4) is 0 Å². The topological polar surface area (TPSA) is 71.8 Å². The number of hydrogen-bond acceptors (Lipinski definition) is 3. The van der Waals surface area contributed by atoms with Gasteiger partial charge >= 0.3 is 0 Å². The van der Waals surface area contributed by atoms with Crippen LogP contribution in [0.5, 0.6) is 0 Å². The van der Waals surface area contributed by atoms with Crippen LogP contribution in [0.1, 0.15) is 37.2 Å². The van der Waals surface area contributed by atoms with E-state index in [-0.39, 0.29) is 5.56 Å². The van der Waals surface area contributed by atoms with Gasteiger partial charge in [-0.05, 0) is 25.3 Å². The Labute approximate surface area is 88.9 Å². The SMILES string of the molecule is CCCc1cc(=O)[nH]c(C2CC2CN)n1. The minimum Gasteiger partial charge on any atom is -0.330 e. The summed E-state index contributed by atoms with van der Waals surface area (Å²) in [5.74, 6) is 1.74. The van der Waals surface area contributed by atoms with Gasteiger partial charge in [-0.2, -0.15) is 0 Å². The molecule has 1 aliphatic carbocycles. The molecule has 15 heavy (non-hydrogen) atoms. The molecule has 1 aliphatic rings. The fourth-order valence-electron chi connectivity index (χ4n) is 1.93. The van der Waals surface area contributed by atoms with E-state index in [4.69, 9.17) is 5.73 Å². The Kier molecular flexibility index (Phi) is 2.86. The van der Waals surface area contributed by atoms with Crippen molar-refractivity contribution in [3.05, 3.63) is 27.9 Å². The maximum Gasteiger partial charge on any atom is 0.251 e. The summed E-state index contributed by atoms with van der Waals surface area (Å²) < 4.78 is 0. The maximum absolute atomic E-state index is 11.4. The summed E-state index contributed by atoms with van der Waals surface area (Å²) in [6.45, 7) is 2.77. The first kappa shape index (κ1) is 10.4. The highest BCUT2D eigenvalue weighted by Crippen LogP contribution is 2.44. The van der Waals surface area contributed by atoms with Crippen molar-refractivity contribution in [2.75, 3.05) is 6.54 Å². The molecule has 0 bridgehead atoms. The number of nitrogens with zero attached hydrogens (tertiary/aromatic N) is 1. The average molecular weight is 207 g/mol. The van der Waals surface area contributed by atoms with Crippen molar-refractivity contribution >= 4 is 0 Å². The molecule has 0 saturated heterocycles. The van der Waals surface area contributed by atoms with E-state index in [1.807, 2.05) is 0 Å². The molecular formula is C11H17N3O. The molecule has 0 aromatic carbocycles. The fourth-order valence-corrected chi connectivity index (χ4v) is 1.93. The normalized spacial score (nSPS) is 24.1. The van der Waals surface area contributed by atoms with Crippen LogP contribution in [-0.2, 0) is 6.42 Å². The minimum atomic E-state index is -0.0360. The lowest BCUT2D eigenvalue weighted by atomic mass is 10.2. The highest BCUT2D eigenvalue weighted by molar-refractivity contribution is 5.13. The van der Waals surface area contributed by atoms with Gasteiger partial charge in [0.1, 0.15) is 5.82 Å². The fraction of sp³-hybridized carbons (Fsp3) is 0.636. The van der Waals surface area contributed by atoms with Crippen LogP contribution in [0.2, 0.25) is 0 Å². The molecule has 82 valence electrons. The lowest BCUT2D eigenvalue weighted by Gasteiger charge is -2.02. The van der Waals surface area contributed by atoms with Crippen molar-refractivity contribution < 1.29 is 0 Å². The molecule has 2 atom stereocenters. The summed E-state index contributed by atoms with van der Waals surface area (Å²) in [7, 11) is 0. The van der Waals surface area contributed by atoms with Gasteiger partial charge in [0.15, 0.2) is 0 Å². The summed E-state index contributed by atoms with van der Waals surface area (Å²) >= 11 is 0. The Morgan fingerprint density at radius 3 is 3.07 bits per heavy atom. The van der Waals surface area contributed by atoms with Gasteiger partial charge in [-0.25, -0.2) is 4.98 Å². The molecule has 0 radical (unpaired) electrons. The van der Waals surface area contributed by atoms with E-state index < -0.39 is 0 Å². The molecule has 0 spiro atoms. The smallest absolute Gasteiger partial charge is 0.251 e. The predicted molar refractivity (Wildman–Crippen MR) is 58.8 cm³/mol. The van der Waals surface area contributed by atoms with Gasteiger partial charge in [0.25, 0.3) is 5.56 Å². The molecule has 1 saturated carbocycles. The van der Waals surface area contributed by atoms with Crippen molar-refractivity contribution in [1.82, 2.24) is 9.97 Å². The van der Waals surface area contributed by atoms with Gasteiger partial charge in [0.05, 0.1) is 0 Å². The number of nitrogens with one attached hydrogen (secondary N) is 1. The Morgan fingerprint density at radius 2 is 2.47 bits per heavy atom. The second-order valence-corrected chi connectivity index (χ2v) is 4.21. The first-order chi connectivity index (χ1) is 7.24. The van der Waals surface area contributed by atoms with Gasteiger partial charge in [-0.15, -0.1) is 0 Å². The summed E-state index contributed by atoms with van der Waals surface area (Å²) in [6.07, 6.45) is 2.95. The zero-order valence-electron chi connectivity index (χ0n) is 8.99. The van der Waals surface area contributed by atoms with Crippen molar-refractivity contribution in [1.29, 1.82) is 0 Å². The monoisotopic (exact) mass is 207 g/mol. The zero-order valence-corrected chi connectivity index (χ0v) is 8.99. The molecule has 2 unspecified atom stereocenters. The first-order valence-electron chi connectivity index (χ1n) is 5.54. The van der Waals surface area contributed by atoms with E-state index in [0.717, 1.165) is 30.8 Å². The van der Waals surface area contributed by atoms with Crippen LogP contribution in [-0.4, -0.2) is 16.5 Å². The molecule has 4 nitrogen and oxygen atoms in total. The van der Waals surface area contributed by atoms with E-state index in [0.29, 0.717) is 18.4 Å². The largest absolute Gasteiger partial charge is 0.330 e. The average Bonchev–Trinajstić information content (AvgIpc) is 2.96. The quantitative estimate of drug-likeness (QED) is 0.766. The Hall–Kier alpha value is -1.16. The van der Waals surface area contributed by atoms with E-state index in [9.17, 15) is 4.79 Å². The molecule has 2 rings (SSSR count). The number of aryl methyl sites for hydroxylation is 1. The van der Waals surface area contributed by atoms with Crippen LogP contribution in [0.15, 0.2) is 10.9 Å². The van der Waals surface area contributed by atoms with Crippen molar-refractivity contribution in [3.63, 3.8) is 0 Å². The van der Waals surface area contributed by atoms with Gasteiger partial charge < -0.3 is 10.7 Å². The molecule has 1 heterocycles. The van der Waals surface area contributed by atoms with Crippen molar-refractivity contribution in [3.8, 4) is 0 Å². The Morgan fingerprint density at radius 1 is 1.67 bits per heavy atom. The Bertz CT molecular complexity index is 399. The van der Waals surface area contributed by atoms with Crippen molar-refractivity contribution in [2.45, 2.75) is 32.1 Å². The number of rotatable bonds is 4. The Balaban J connectivity index is 2.21. The molecular weight excluding hydrogens is 190 g/mol. The highest BCUT2D eigenvalue weighted by atomic mass is 16.1. The molecule has 1 fully saturated rings. The van der Waals surface area contributed by atoms with Crippen LogP contribution in [0, 0.1) is 5.92 Å². The first-order valence-corrected chi connectivity index (χ1v) is 5.54. The summed E-state index contributed by atoms with van der Waals surface area (Å²) in [5.41, 5.74) is 6.44. The molecule has 1 aromatic heterocycles. The molecule has 0 amide bonds. The molecule has 1 aromatic rings. The summed E-state index contributed by atoms with van der Waals surface area (Å²) in [6, 6.07) is 1.59. The molecule has 3 N–H and O–H groups in total. The van der Waals surface area contributed by atoms with E-state index in [2.05, 4.69) is 16.9 Å². The van der Waals surface area contributed by atoms with Gasteiger partial charge in [0, 0.05) is 17.7 Å². The number of aromatic nitrogens is 2. The molecule has 4 heteroatoms. The van der Waals surface area contributed by atoms with Crippen LogP contribution in [0.25, 0.3) is 0 Å². The van der Waals surface area contributed by atoms with Gasteiger partial charge in [-0.1, -0.05) is 13.3 Å². The second kappa shape index (κ2) is 4.14. The lowest BCUT2D eigenvalue weighted by molar-refractivity contribution is 0.756. The highest BCUT2D eigenvalue weighted by Gasteiger charge is 2.39. The number of nitrogens with two attached hydrogens (primary N) is 1. The third kappa shape index (κ3) is 2.26. The van der Waals surface area contributed by atoms with Gasteiger partial charge in [-0.3, -0.25) is 4.79 Å². The third-order valence-electron chi connectivity index (χ3n) is 2.90. The maximum atomic E-state index is 11.4. The summed E-state index contributed by atoms with van der Waals surface area (Å²) in [4.78, 5) is 18.7. The second-order valence-electron chi connectivity index (χ2n) is 4.21. The predicted octanol–water partition coefficient (Wildman–Crippen LogP) is 0.785. The van der Waals surface area contributed by atoms with E-state index in [1.165, 1.54) is 0 Å². The van der Waals surface area contributed by atoms with Crippen LogP contribution >= 0.6 is 0 Å². The number of hydrogen-bond donors (Lipinski definition) is 2.